The lowest BCUT2D eigenvalue weighted by Crippen LogP contribution is -2.48. The molecular weight excluding hydrogens is 248 g/mol. The molecule has 4 heteroatoms. The smallest absolute Gasteiger partial charge is 0.230 e. The molecule has 1 aromatic carbocycles. The van der Waals surface area contributed by atoms with Crippen LogP contribution in [-0.4, -0.2) is 29.9 Å². The lowest BCUT2D eigenvalue weighted by Gasteiger charge is -2.37. The van der Waals surface area contributed by atoms with E-state index in [-0.39, 0.29) is 30.3 Å². The van der Waals surface area contributed by atoms with Crippen LogP contribution in [-0.2, 0) is 11.2 Å². The quantitative estimate of drug-likeness (QED) is 0.841. The molecular formula is C14H19ClN2O. The molecule has 2 atom stereocenters. The Labute approximate surface area is 114 Å². The van der Waals surface area contributed by atoms with E-state index in [4.69, 9.17) is 5.73 Å². The Kier molecular flexibility index (Phi) is 3.93. The summed E-state index contributed by atoms with van der Waals surface area (Å²) >= 11 is 0. The van der Waals surface area contributed by atoms with Crippen LogP contribution in [0.2, 0.25) is 0 Å². The Balaban J connectivity index is 0.00000120. The highest BCUT2D eigenvalue weighted by molar-refractivity contribution is 5.87. The number of carbonyl (C=O) groups is 1. The number of benzene rings is 1. The second-order valence-electron chi connectivity index (χ2n) is 5.14. The van der Waals surface area contributed by atoms with Gasteiger partial charge in [0, 0.05) is 19.1 Å². The van der Waals surface area contributed by atoms with Crippen LogP contribution >= 0.6 is 12.4 Å². The average Bonchev–Trinajstić information content (AvgIpc) is 2.30. The first-order valence-electron chi connectivity index (χ1n) is 6.38. The van der Waals surface area contributed by atoms with E-state index in [1.54, 1.807) is 0 Å². The van der Waals surface area contributed by atoms with Crippen molar-refractivity contribution >= 4 is 18.3 Å². The fourth-order valence-corrected chi connectivity index (χ4v) is 2.91. The van der Waals surface area contributed by atoms with Gasteiger partial charge in [0.2, 0.25) is 5.91 Å². The van der Waals surface area contributed by atoms with Crippen molar-refractivity contribution in [2.45, 2.75) is 31.2 Å². The maximum Gasteiger partial charge on any atom is 0.230 e. The minimum Gasteiger partial charge on any atom is -0.341 e. The van der Waals surface area contributed by atoms with Gasteiger partial charge in [0.05, 0.1) is 5.92 Å². The lowest BCUT2D eigenvalue weighted by molar-refractivity contribution is -0.134. The van der Waals surface area contributed by atoms with Crippen LogP contribution in [0.15, 0.2) is 24.3 Å². The molecule has 3 nitrogen and oxygen atoms in total. The number of nitrogens with zero attached hydrogens (tertiary/aromatic N) is 1. The maximum absolute atomic E-state index is 12.4. The van der Waals surface area contributed by atoms with Crippen molar-refractivity contribution in [1.82, 2.24) is 4.90 Å². The number of carbonyl (C=O) groups excluding carboxylic acids is 1. The molecule has 0 radical (unpaired) electrons. The van der Waals surface area contributed by atoms with E-state index in [0.29, 0.717) is 0 Å². The first-order valence-corrected chi connectivity index (χ1v) is 6.38. The number of nitrogens with two attached hydrogens (primary N) is 1. The molecule has 1 fully saturated rings. The highest BCUT2D eigenvalue weighted by Crippen LogP contribution is 2.36. The van der Waals surface area contributed by atoms with Crippen LogP contribution in [0.25, 0.3) is 0 Å². The van der Waals surface area contributed by atoms with Crippen LogP contribution in [0.3, 0.4) is 0 Å². The summed E-state index contributed by atoms with van der Waals surface area (Å²) < 4.78 is 0. The third-order valence-electron chi connectivity index (χ3n) is 3.92. The summed E-state index contributed by atoms with van der Waals surface area (Å²) in [7, 11) is 0. The van der Waals surface area contributed by atoms with Crippen molar-refractivity contribution in [2.24, 2.45) is 5.73 Å². The zero-order valence-electron chi connectivity index (χ0n) is 10.3. The van der Waals surface area contributed by atoms with Gasteiger partial charge in [-0.25, -0.2) is 0 Å². The zero-order chi connectivity index (χ0) is 11.8. The van der Waals surface area contributed by atoms with Crippen molar-refractivity contribution in [3.8, 4) is 0 Å². The van der Waals surface area contributed by atoms with Gasteiger partial charge in [0.25, 0.3) is 0 Å². The summed E-state index contributed by atoms with van der Waals surface area (Å²) in [5.74, 6) is 0.371. The van der Waals surface area contributed by atoms with Gasteiger partial charge >= 0.3 is 0 Å². The van der Waals surface area contributed by atoms with Crippen LogP contribution in [0.4, 0.5) is 0 Å². The first-order chi connectivity index (χ1) is 8.25. The molecule has 0 saturated carbocycles. The van der Waals surface area contributed by atoms with E-state index in [2.05, 4.69) is 12.1 Å². The molecule has 98 valence electrons. The fourth-order valence-electron chi connectivity index (χ4n) is 2.91. The molecule has 0 aromatic heterocycles. The molecule has 0 spiro atoms. The predicted octanol–water partition coefficient (Wildman–Crippen LogP) is 1.70. The molecule has 2 N–H and O–H groups in total. The minimum absolute atomic E-state index is 0. The third kappa shape index (κ3) is 2.25. The van der Waals surface area contributed by atoms with Gasteiger partial charge in [0.15, 0.2) is 0 Å². The number of hydrogen-bond acceptors (Lipinski definition) is 2. The normalized spacial score (nSPS) is 25.7. The minimum atomic E-state index is 0. The van der Waals surface area contributed by atoms with E-state index in [9.17, 15) is 4.79 Å². The molecule has 1 saturated heterocycles. The van der Waals surface area contributed by atoms with Gasteiger partial charge in [-0.2, -0.15) is 0 Å². The summed E-state index contributed by atoms with van der Waals surface area (Å²) in [6.45, 7) is 1.61. The number of likely N-dealkylation sites (tertiary alicyclic amines) is 1. The Morgan fingerprint density at radius 1 is 1.33 bits per heavy atom. The van der Waals surface area contributed by atoms with Crippen molar-refractivity contribution in [3.05, 3.63) is 35.4 Å². The Morgan fingerprint density at radius 3 is 2.83 bits per heavy atom. The van der Waals surface area contributed by atoms with Crippen molar-refractivity contribution in [1.29, 1.82) is 0 Å². The first kappa shape index (κ1) is 13.4. The van der Waals surface area contributed by atoms with Gasteiger partial charge in [-0.1, -0.05) is 24.3 Å². The summed E-state index contributed by atoms with van der Waals surface area (Å²) in [5, 5.41) is 0. The van der Waals surface area contributed by atoms with Gasteiger partial charge < -0.3 is 10.6 Å². The molecule has 1 unspecified atom stereocenters. The number of hydrogen-bond donors (Lipinski definition) is 1. The third-order valence-corrected chi connectivity index (χ3v) is 3.92. The van der Waals surface area contributed by atoms with Crippen LogP contribution < -0.4 is 5.73 Å². The number of piperidine rings is 1. The monoisotopic (exact) mass is 266 g/mol. The zero-order valence-corrected chi connectivity index (χ0v) is 11.2. The molecule has 3 rings (SSSR count). The second-order valence-corrected chi connectivity index (χ2v) is 5.14. The fraction of sp³-hybridized carbons (Fsp3) is 0.500. The summed E-state index contributed by atoms with van der Waals surface area (Å²) in [6, 6.07) is 8.41. The number of halogens is 1. The van der Waals surface area contributed by atoms with E-state index >= 15 is 0 Å². The standard InChI is InChI=1S/C14H18N2O.ClH/c15-11-5-3-7-16(9-11)14(17)13-8-10-4-1-2-6-12(10)13;/h1-2,4,6,11,13H,3,5,7-9,15H2;1H/t11-,13?;/m1./s1. The molecule has 0 bridgehead atoms. The highest BCUT2D eigenvalue weighted by Gasteiger charge is 2.35. The average molecular weight is 267 g/mol. The summed E-state index contributed by atoms with van der Waals surface area (Å²) in [6.07, 6.45) is 2.99. The van der Waals surface area contributed by atoms with Crippen LogP contribution in [0.1, 0.15) is 29.9 Å². The molecule has 1 aliphatic heterocycles. The molecule has 2 aliphatic rings. The van der Waals surface area contributed by atoms with E-state index < -0.39 is 0 Å². The number of fused-ring (bicyclic) bond motifs is 1. The lowest BCUT2D eigenvalue weighted by atomic mass is 9.76. The number of rotatable bonds is 1. The van der Waals surface area contributed by atoms with Crippen molar-refractivity contribution in [3.63, 3.8) is 0 Å². The van der Waals surface area contributed by atoms with Gasteiger partial charge in [-0.05, 0) is 30.4 Å². The Bertz CT molecular complexity index is 449. The molecule has 1 aromatic rings. The van der Waals surface area contributed by atoms with Crippen LogP contribution in [0.5, 0.6) is 0 Å². The van der Waals surface area contributed by atoms with Crippen molar-refractivity contribution in [2.75, 3.05) is 13.1 Å². The number of amides is 1. The Hall–Kier alpha value is -1.06. The predicted molar refractivity (Wildman–Crippen MR) is 73.9 cm³/mol. The van der Waals surface area contributed by atoms with Gasteiger partial charge in [0.1, 0.15) is 0 Å². The molecule has 1 aliphatic carbocycles. The van der Waals surface area contributed by atoms with Gasteiger partial charge in [-0.15, -0.1) is 12.4 Å². The molecule has 1 heterocycles. The highest BCUT2D eigenvalue weighted by atomic mass is 35.5. The van der Waals surface area contributed by atoms with Crippen molar-refractivity contribution < 1.29 is 4.79 Å². The summed E-state index contributed by atoms with van der Waals surface area (Å²) in [4.78, 5) is 14.3. The summed E-state index contributed by atoms with van der Waals surface area (Å²) in [5.41, 5.74) is 8.47. The van der Waals surface area contributed by atoms with E-state index in [0.717, 1.165) is 32.4 Å². The van der Waals surface area contributed by atoms with E-state index in [1.807, 2.05) is 17.0 Å². The molecule has 18 heavy (non-hydrogen) atoms. The Morgan fingerprint density at radius 2 is 2.11 bits per heavy atom. The largest absolute Gasteiger partial charge is 0.341 e. The SMILES string of the molecule is Cl.N[C@@H]1CCCN(C(=O)C2Cc3ccccc32)C1. The molecule has 1 amide bonds. The van der Waals surface area contributed by atoms with Crippen LogP contribution in [0, 0.1) is 0 Å². The van der Waals surface area contributed by atoms with E-state index in [1.165, 1.54) is 11.1 Å². The topological polar surface area (TPSA) is 46.3 Å². The maximum atomic E-state index is 12.4. The second kappa shape index (κ2) is 5.29. The van der Waals surface area contributed by atoms with Gasteiger partial charge in [-0.3, -0.25) is 4.79 Å².